The van der Waals surface area contributed by atoms with Crippen molar-refractivity contribution in [1.82, 2.24) is 9.88 Å². The maximum atomic E-state index is 14.1. The van der Waals surface area contributed by atoms with E-state index < -0.39 is 23.7 Å². The number of piperidine rings is 1. The highest BCUT2D eigenvalue weighted by molar-refractivity contribution is 6.31. The van der Waals surface area contributed by atoms with E-state index in [4.69, 9.17) is 11.6 Å². The van der Waals surface area contributed by atoms with Crippen molar-refractivity contribution in [1.29, 1.82) is 0 Å². The number of urea groups is 1. The fraction of sp³-hybridized carbons (Fsp3) is 0.179. The molecule has 0 spiro atoms. The summed E-state index contributed by atoms with van der Waals surface area (Å²) in [5, 5.41) is 9.78. The average Bonchev–Trinajstić information content (AvgIpc) is 3.31. The van der Waals surface area contributed by atoms with Crippen molar-refractivity contribution in [2.75, 3.05) is 29.0 Å². The third kappa shape index (κ3) is 5.63. The minimum atomic E-state index is -0.572. The Bertz CT molecular complexity index is 1500. The summed E-state index contributed by atoms with van der Waals surface area (Å²) < 4.78 is 14.1. The Hall–Kier alpha value is -4.37. The molecule has 10 heteroatoms. The second kappa shape index (κ2) is 10.9. The Balaban J connectivity index is 1.16. The Labute approximate surface area is 223 Å². The van der Waals surface area contributed by atoms with Gasteiger partial charge in [-0.1, -0.05) is 23.7 Å². The second-order valence-corrected chi connectivity index (χ2v) is 9.54. The molecule has 0 bridgehead atoms. The summed E-state index contributed by atoms with van der Waals surface area (Å²) in [6, 6.07) is 17.5. The van der Waals surface area contributed by atoms with Gasteiger partial charge in [0, 0.05) is 46.6 Å². The predicted octanol–water partition coefficient (Wildman–Crippen LogP) is 6.10. The highest BCUT2D eigenvalue weighted by atomic mass is 35.5. The Kier molecular flexibility index (Phi) is 7.28. The molecule has 4 amide bonds. The van der Waals surface area contributed by atoms with Crippen LogP contribution in [0.3, 0.4) is 0 Å². The van der Waals surface area contributed by atoms with E-state index in [1.54, 1.807) is 48.7 Å². The number of hydrogen-bond acceptors (Lipinski definition) is 3. The number of fused-ring (bicyclic) bond motifs is 1. The molecule has 8 nitrogen and oxygen atoms in total. The molecule has 194 valence electrons. The highest BCUT2D eigenvalue weighted by Gasteiger charge is 2.30. The molecule has 1 atom stereocenters. The number of benzene rings is 3. The molecule has 1 unspecified atom stereocenters. The van der Waals surface area contributed by atoms with Crippen LogP contribution in [0, 0.1) is 11.7 Å². The van der Waals surface area contributed by atoms with Gasteiger partial charge in [-0.05, 0) is 67.4 Å². The van der Waals surface area contributed by atoms with E-state index in [9.17, 15) is 18.8 Å². The molecular formula is C28H25ClFN5O3. The number of carbonyl (C=O) groups excluding carboxylic acids is 3. The summed E-state index contributed by atoms with van der Waals surface area (Å²) in [4.78, 5) is 42.8. The van der Waals surface area contributed by atoms with Crippen LogP contribution in [0.2, 0.25) is 5.02 Å². The lowest BCUT2D eigenvalue weighted by molar-refractivity contribution is -0.121. The molecule has 4 N–H and O–H groups in total. The van der Waals surface area contributed by atoms with Gasteiger partial charge >= 0.3 is 6.03 Å². The maximum absolute atomic E-state index is 14.1. The largest absolute Gasteiger partial charge is 0.359 e. The van der Waals surface area contributed by atoms with Gasteiger partial charge in [-0.3, -0.25) is 9.59 Å². The third-order valence-corrected chi connectivity index (χ3v) is 6.72. The van der Waals surface area contributed by atoms with Crippen molar-refractivity contribution >= 4 is 57.4 Å². The Morgan fingerprint density at radius 2 is 1.68 bits per heavy atom. The van der Waals surface area contributed by atoms with Crippen molar-refractivity contribution in [3.63, 3.8) is 0 Å². The maximum Gasteiger partial charge on any atom is 0.323 e. The zero-order valence-electron chi connectivity index (χ0n) is 20.3. The number of amides is 4. The summed E-state index contributed by atoms with van der Waals surface area (Å²) in [5.41, 5.74) is 2.55. The smallest absolute Gasteiger partial charge is 0.323 e. The highest BCUT2D eigenvalue weighted by Crippen LogP contribution is 2.27. The van der Waals surface area contributed by atoms with Gasteiger partial charge < -0.3 is 25.8 Å². The molecule has 3 aromatic carbocycles. The van der Waals surface area contributed by atoms with E-state index in [1.807, 2.05) is 6.07 Å². The molecule has 1 aliphatic heterocycles. The van der Waals surface area contributed by atoms with E-state index in [-0.39, 0.29) is 18.0 Å². The molecule has 0 radical (unpaired) electrons. The minimum absolute atomic E-state index is 0.00850. The standard InChI is InChI=1S/C28H25ClFN5O3/c29-18-7-12-24-22(14-18)25(15-31-24)34-28(38)33-20-10-8-19(9-11-20)32-26(36)17-4-3-13-35(16-17)27(37)21-5-1-2-6-23(21)30/h1-2,5-12,14-15,17,31H,3-4,13,16H2,(H,32,36)(H2,33,34,38). The molecule has 38 heavy (non-hydrogen) atoms. The van der Waals surface area contributed by atoms with Gasteiger partial charge in [-0.2, -0.15) is 0 Å². The number of likely N-dealkylation sites (tertiary alicyclic amines) is 1. The molecule has 1 saturated heterocycles. The average molecular weight is 534 g/mol. The summed E-state index contributed by atoms with van der Waals surface area (Å²) in [5.74, 6) is -1.61. The first-order valence-electron chi connectivity index (χ1n) is 12.2. The molecule has 1 fully saturated rings. The number of hydrogen-bond donors (Lipinski definition) is 4. The lowest BCUT2D eigenvalue weighted by Gasteiger charge is -2.32. The fourth-order valence-corrected chi connectivity index (χ4v) is 4.71. The second-order valence-electron chi connectivity index (χ2n) is 9.11. The number of anilines is 3. The summed E-state index contributed by atoms with van der Waals surface area (Å²) in [6.45, 7) is 0.697. The van der Waals surface area contributed by atoms with Crippen LogP contribution in [-0.2, 0) is 4.79 Å². The van der Waals surface area contributed by atoms with Crippen molar-refractivity contribution in [2.45, 2.75) is 12.8 Å². The third-order valence-electron chi connectivity index (χ3n) is 6.49. The van der Waals surface area contributed by atoms with Crippen LogP contribution in [0.4, 0.5) is 26.2 Å². The van der Waals surface area contributed by atoms with E-state index in [1.165, 1.54) is 23.1 Å². The lowest BCUT2D eigenvalue weighted by atomic mass is 9.96. The van der Waals surface area contributed by atoms with Gasteiger partial charge in [0.1, 0.15) is 5.82 Å². The molecule has 5 rings (SSSR count). The number of aromatic nitrogens is 1. The van der Waals surface area contributed by atoms with Crippen molar-refractivity contribution in [2.24, 2.45) is 5.92 Å². The summed E-state index contributed by atoms with van der Waals surface area (Å²) >= 11 is 6.06. The number of nitrogens with zero attached hydrogens (tertiary/aromatic N) is 1. The van der Waals surface area contributed by atoms with Gasteiger partial charge in [-0.25, -0.2) is 9.18 Å². The van der Waals surface area contributed by atoms with Crippen LogP contribution >= 0.6 is 11.6 Å². The number of H-pyrrole nitrogens is 1. The molecule has 0 aliphatic carbocycles. The molecule has 2 heterocycles. The summed E-state index contributed by atoms with van der Waals surface area (Å²) in [6.07, 6.45) is 2.97. The number of halogens is 2. The van der Waals surface area contributed by atoms with Crippen LogP contribution in [0.1, 0.15) is 23.2 Å². The molecular weight excluding hydrogens is 509 g/mol. The van der Waals surface area contributed by atoms with E-state index >= 15 is 0 Å². The van der Waals surface area contributed by atoms with Crippen LogP contribution in [0.25, 0.3) is 10.9 Å². The first-order valence-corrected chi connectivity index (χ1v) is 12.5. The van der Waals surface area contributed by atoms with E-state index in [0.29, 0.717) is 41.5 Å². The topological polar surface area (TPSA) is 106 Å². The van der Waals surface area contributed by atoms with Gasteiger partial charge in [0.05, 0.1) is 17.2 Å². The number of carbonyl (C=O) groups is 3. The van der Waals surface area contributed by atoms with E-state index in [0.717, 1.165) is 10.9 Å². The quantitative estimate of drug-likeness (QED) is 0.249. The van der Waals surface area contributed by atoms with Gasteiger partial charge in [0.15, 0.2) is 0 Å². The zero-order valence-corrected chi connectivity index (χ0v) is 21.0. The minimum Gasteiger partial charge on any atom is -0.359 e. The van der Waals surface area contributed by atoms with Crippen LogP contribution in [0.5, 0.6) is 0 Å². The van der Waals surface area contributed by atoms with Gasteiger partial charge in [0.2, 0.25) is 5.91 Å². The number of rotatable bonds is 5. The molecule has 0 saturated carbocycles. The normalized spacial score (nSPS) is 15.2. The molecule has 4 aromatic rings. The Morgan fingerprint density at radius 3 is 2.45 bits per heavy atom. The van der Waals surface area contributed by atoms with Crippen molar-refractivity contribution < 1.29 is 18.8 Å². The van der Waals surface area contributed by atoms with Crippen LogP contribution < -0.4 is 16.0 Å². The number of aromatic amines is 1. The van der Waals surface area contributed by atoms with E-state index in [2.05, 4.69) is 20.9 Å². The molecule has 1 aromatic heterocycles. The zero-order chi connectivity index (χ0) is 26.6. The van der Waals surface area contributed by atoms with Crippen LogP contribution in [-0.4, -0.2) is 40.8 Å². The SMILES string of the molecule is O=C(Nc1ccc(NC(=O)C2CCCN(C(=O)c3ccccc3F)C2)cc1)Nc1c[nH]c2ccc(Cl)cc12. The van der Waals surface area contributed by atoms with Crippen molar-refractivity contribution in [3.8, 4) is 0 Å². The number of nitrogens with one attached hydrogen (secondary N) is 4. The molecule has 1 aliphatic rings. The first-order chi connectivity index (χ1) is 18.4. The summed E-state index contributed by atoms with van der Waals surface area (Å²) in [7, 11) is 0. The predicted molar refractivity (Wildman–Crippen MR) is 146 cm³/mol. The Morgan fingerprint density at radius 1 is 0.947 bits per heavy atom. The lowest BCUT2D eigenvalue weighted by Crippen LogP contribution is -2.44. The monoisotopic (exact) mass is 533 g/mol. The van der Waals surface area contributed by atoms with Crippen molar-refractivity contribution in [3.05, 3.63) is 89.3 Å². The van der Waals surface area contributed by atoms with Gasteiger partial charge in [-0.15, -0.1) is 0 Å². The van der Waals surface area contributed by atoms with Gasteiger partial charge in [0.25, 0.3) is 5.91 Å². The van der Waals surface area contributed by atoms with Crippen LogP contribution in [0.15, 0.2) is 72.9 Å². The fourth-order valence-electron chi connectivity index (χ4n) is 4.54. The first kappa shape index (κ1) is 25.3.